The SMILES string of the molecule is CC(C)NCc1cc(-c2cscc2Br)ccc1Cl. The van der Waals surface area contributed by atoms with Crippen LogP contribution in [0.15, 0.2) is 33.4 Å². The van der Waals surface area contributed by atoms with E-state index in [0.29, 0.717) is 6.04 Å². The number of halogens is 2. The molecular weight excluding hydrogens is 330 g/mol. The fourth-order valence-electron chi connectivity index (χ4n) is 1.68. The summed E-state index contributed by atoms with van der Waals surface area (Å²) in [5, 5.41) is 8.45. The molecule has 96 valence electrons. The molecule has 18 heavy (non-hydrogen) atoms. The van der Waals surface area contributed by atoms with Gasteiger partial charge in [0.1, 0.15) is 0 Å². The third kappa shape index (κ3) is 3.35. The summed E-state index contributed by atoms with van der Waals surface area (Å²) in [6.07, 6.45) is 0. The molecule has 0 unspecified atom stereocenters. The summed E-state index contributed by atoms with van der Waals surface area (Å²) in [5.74, 6) is 0. The van der Waals surface area contributed by atoms with E-state index in [2.05, 4.69) is 58.0 Å². The molecule has 0 amide bonds. The zero-order chi connectivity index (χ0) is 13.1. The maximum atomic E-state index is 6.23. The Kier molecular flexibility index (Phi) is 4.84. The number of rotatable bonds is 4. The lowest BCUT2D eigenvalue weighted by atomic mass is 10.1. The summed E-state index contributed by atoms with van der Waals surface area (Å²) in [7, 11) is 0. The summed E-state index contributed by atoms with van der Waals surface area (Å²) in [5.41, 5.74) is 3.57. The molecule has 1 aromatic carbocycles. The maximum absolute atomic E-state index is 6.23. The number of hydrogen-bond acceptors (Lipinski definition) is 2. The third-order valence-electron chi connectivity index (χ3n) is 2.67. The van der Waals surface area contributed by atoms with E-state index in [-0.39, 0.29) is 0 Å². The summed E-state index contributed by atoms with van der Waals surface area (Å²) in [6.45, 7) is 5.06. The van der Waals surface area contributed by atoms with E-state index in [1.54, 1.807) is 11.3 Å². The highest BCUT2D eigenvalue weighted by molar-refractivity contribution is 9.10. The van der Waals surface area contributed by atoms with Crippen LogP contribution in [0.3, 0.4) is 0 Å². The second-order valence-corrected chi connectivity index (χ2v) is 6.48. The number of thiophene rings is 1. The minimum absolute atomic E-state index is 0.456. The summed E-state index contributed by atoms with van der Waals surface area (Å²) >= 11 is 11.5. The first-order chi connectivity index (χ1) is 8.58. The van der Waals surface area contributed by atoms with Gasteiger partial charge in [0, 0.05) is 33.0 Å². The zero-order valence-electron chi connectivity index (χ0n) is 10.3. The number of hydrogen-bond donors (Lipinski definition) is 1. The Bertz CT molecular complexity index is 536. The van der Waals surface area contributed by atoms with Gasteiger partial charge in [-0.1, -0.05) is 31.5 Å². The van der Waals surface area contributed by atoms with Crippen LogP contribution in [0, 0.1) is 0 Å². The Hall–Kier alpha value is -0.350. The van der Waals surface area contributed by atoms with Crippen molar-refractivity contribution in [3.05, 3.63) is 44.0 Å². The number of nitrogens with one attached hydrogen (secondary N) is 1. The lowest BCUT2D eigenvalue weighted by Crippen LogP contribution is -2.21. The maximum Gasteiger partial charge on any atom is 0.0451 e. The quantitative estimate of drug-likeness (QED) is 0.790. The smallest absolute Gasteiger partial charge is 0.0451 e. The van der Waals surface area contributed by atoms with Crippen LogP contribution in [-0.2, 0) is 6.54 Å². The Labute approximate surface area is 125 Å². The fourth-order valence-corrected chi connectivity index (χ4v) is 3.40. The second kappa shape index (κ2) is 6.20. The lowest BCUT2D eigenvalue weighted by Gasteiger charge is -2.11. The summed E-state index contributed by atoms with van der Waals surface area (Å²) in [4.78, 5) is 0. The Morgan fingerprint density at radius 2 is 2.11 bits per heavy atom. The topological polar surface area (TPSA) is 12.0 Å². The van der Waals surface area contributed by atoms with Gasteiger partial charge in [-0.05, 0) is 44.6 Å². The van der Waals surface area contributed by atoms with Gasteiger partial charge in [-0.25, -0.2) is 0 Å². The average molecular weight is 345 g/mol. The minimum Gasteiger partial charge on any atom is -0.310 e. The summed E-state index contributed by atoms with van der Waals surface area (Å²) < 4.78 is 1.14. The Morgan fingerprint density at radius 3 is 2.72 bits per heavy atom. The number of benzene rings is 1. The molecule has 2 aromatic rings. The predicted molar refractivity (Wildman–Crippen MR) is 84.4 cm³/mol. The van der Waals surface area contributed by atoms with Gasteiger partial charge >= 0.3 is 0 Å². The van der Waals surface area contributed by atoms with Gasteiger partial charge in [-0.15, -0.1) is 0 Å². The molecule has 0 spiro atoms. The van der Waals surface area contributed by atoms with E-state index in [0.717, 1.165) is 21.6 Å². The molecule has 1 nitrogen and oxygen atoms in total. The van der Waals surface area contributed by atoms with Crippen molar-refractivity contribution in [2.24, 2.45) is 0 Å². The van der Waals surface area contributed by atoms with Crippen molar-refractivity contribution >= 4 is 38.9 Å². The normalized spacial score (nSPS) is 11.2. The first-order valence-electron chi connectivity index (χ1n) is 5.82. The zero-order valence-corrected chi connectivity index (χ0v) is 13.5. The molecule has 0 fully saturated rings. The largest absolute Gasteiger partial charge is 0.310 e. The van der Waals surface area contributed by atoms with Gasteiger partial charge in [-0.3, -0.25) is 0 Å². The van der Waals surface area contributed by atoms with Crippen molar-refractivity contribution in [3.63, 3.8) is 0 Å². The molecule has 0 bridgehead atoms. The Balaban J connectivity index is 2.29. The molecule has 0 atom stereocenters. The van der Waals surface area contributed by atoms with Crippen molar-refractivity contribution in [2.75, 3.05) is 0 Å². The lowest BCUT2D eigenvalue weighted by molar-refractivity contribution is 0.589. The second-order valence-electron chi connectivity index (χ2n) is 4.48. The van der Waals surface area contributed by atoms with E-state index in [1.807, 2.05) is 6.07 Å². The van der Waals surface area contributed by atoms with Crippen molar-refractivity contribution < 1.29 is 0 Å². The van der Waals surface area contributed by atoms with Crippen molar-refractivity contribution in [3.8, 4) is 11.1 Å². The first-order valence-corrected chi connectivity index (χ1v) is 7.93. The van der Waals surface area contributed by atoms with Crippen LogP contribution in [0.1, 0.15) is 19.4 Å². The molecular formula is C14H15BrClNS. The van der Waals surface area contributed by atoms with E-state index < -0.39 is 0 Å². The van der Waals surface area contributed by atoms with Gasteiger partial charge in [0.25, 0.3) is 0 Å². The van der Waals surface area contributed by atoms with Gasteiger partial charge in [0.2, 0.25) is 0 Å². The molecule has 0 aliphatic rings. The highest BCUT2D eigenvalue weighted by atomic mass is 79.9. The van der Waals surface area contributed by atoms with Gasteiger partial charge in [-0.2, -0.15) is 11.3 Å². The van der Waals surface area contributed by atoms with Crippen molar-refractivity contribution in [1.29, 1.82) is 0 Å². The van der Waals surface area contributed by atoms with Crippen LogP contribution in [0.2, 0.25) is 5.02 Å². The van der Waals surface area contributed by atoms with E-state index in [9.17, 15) is 0 Å². The van der Waals surface area contributed by atoms with Crippen LogP contribution in [0.5, 0.6) is 0 Å². The molecule has 1 aromatic heterocycles. The van der Waals surface area contributed by atoms with Crippen LogP contribution < -0.4 is 5.32 Å². The molecule has 0 radical (unpaired) electrons. The van der Waals surface area contributed by atoms with Crippen LogP contribution in [0.4, 0.5) is 0 Å². The van der Waals surface area contributed by atoms with Crippen LogP contribution in [-0.4, -0.2) is 6.04 Å². The van der Waals surface area contributed by atoms with E-state index >= 15 is 0 Å². The van der Waals surface area contributed by atoms with Gasteiger partial charge in [0.05, 0.1) is 0 Å². The molecule has 0 saturated carbocycles. The summed E-state index contributed by atoms with van der Waals surface area (Å²) in [6, 6.07) is 6.65. The predicted octanol–water partition coefficient (Wildman–Crippen LogP) is 5.33. The molecule has 1 N–H and O–H groups in total. The van der Waals surface area contributed by atoms with E-state index in [4.69, 9.17) is 11.6 Å². The minimum atomic E-state index is 0.456. The third-order valence-corrected chi connectivity index (χ3v) is 4.74. The standard InChI is InChI=1S/C14H15BrClNS/c1-9(2)17-6-11-5-10(3-4-14(11)16)12-7-18-8-13(12)15/h3-5,7-9,17H,6H2,1-2H3. The first kappa shape index (κ1) is 14.1. The average Bonchev–Trinajstić information content (AvgIpc) is 2.74. The highest BCUT2D eigenvalue weighted by Crippen LogP contribution is 2.33. The fraction of sp³-hybridized carbons (Fsp3) is 0.286. The van der Waals surface area contributed by atoms with Crippen molar-refractivity contribution in [2.45, 2.75) is 26.4 Å². The molecule has 1 heterocycles. The van der Waals surface area contributed by atoms with E-state index in [1.165, 1.54) is 11.1 Å². The Morgan fingerprint density at radius 1 is 1.33 bits per heavy atom. The van der Waals surface area contributed by atoms with Crippen LogP contribution in [0.25, 0.3) is 11.1 Å². The molecule has 0 aliphatic carbocycles. The van der Waals surface area contributed by atoms with Gasteiger partial charge in [0.15, 0.2) is 0 Å². The van der Waals surface area contributed by atoms with Gasteiger partial charge < -0.3 is 5.32 Å². The molecule has 2 rings (SSSR count). The molecule has 0 saturated heterocycles. The monoisotopic (exact) mass is 343 g/mol. The van der Waals surface area contributed by atoms with Crippen LogP contribution >= 0.6 is 38.9 Å². The molecule has 0 aliphatic heterocycles. The highest BCUT2D eigenvalue weighted by Gasteiger charge is 2.08. The van der Waals surface area contributed by atoms with Crippen molar-refractivity contribution in [1.82, 2.24) is 5.32 Å². The molecule has 4 heteroatoms.